The van der Waals surface area contributed by atoms with Crippen molar-refractivity contribution in [2.45, 2.75) is 30.5 Å². The van der Waals surface area contributed by atoms with E-state index in [0.717, 1.165) is 12.4 Å². The van der Waals surface area contributed by atoms with Crippen molar-refractivity contribution < 1.29 is 31.8 Å². The number of aliphatic hydroxyl groups is 1. The fraction of sp³-hybridized carbons (Fsp3) is 0.360. The van der Waals surface area contributed by atoms with Crippen molar-refractivity contribution in [3.8, 4) is 28.8 Å². The van der Waals surface area contributed by atoms with E-state index >= 15 is 0 Å². The van der Waals surface area contributed by atoms with Gasteiger partial charge in [-0.25, -0.2) is 22.8 Å². The van der Waals surface area contributed by atoms with Crippen molar-refractivity contribution in [2.24, 2.45) is 0 Å². The van der Waals surface area contributed by atoms with Gasteiger partial charge < -0.3 is 23.9 Å². The summed E-state index contributed by atoms with van der Waals surface area (Å²) in [5.74, 6) is 1.21. The molecule has 0 saturated carbocycles. The maximum atomic E-state index is 13.8. The number of anilines is 1. The monoisotopic (exact) mass is 558 g/mol. The highest BCUT2D eigenvalue weighted by Crippen LogP contribution is 2.37. The van der Waals surface area contributed by atoms with Crippen LogP contribution in [0.4, 0.5) is 10.3 Å². The molecule has 2 atom stereocenters. The first-order chi connectivity index (χ1) is 18.7. The number of aryl methyl sites for hydroxylation is 1. The van der Waals surface area contributed by atoms with Gasteiger partial charge in [-0.2, -0.15) is 0 Å². The highest BCUT2D eigenvalue weighted by Gasteiger charge is 2.37. The van der Waals surface area contributed by atoms with Crippen LogP contribution in [-0.4, -0.2) is 76.9 Å². The molecule has 3 aromatic heterocycles. The number of hydrogen-bond acceptors (Lipinski definition) is 11. The Kier molecular flexibility index (Phi) is 7.23. The van der Waals surface area contributed by atoms with Crippen LogP contribution < -0.4 is 14.4 Å². The van der Waals surface area contributed by atoms with Crippen LogP contribution in [0.3, 0.4) is 0 Å². The molecule has 0 radical (unpaired) electrons. The van der Waals surface area contributed by atoms with Crippen LogP contribution in [0, 0.1) is 12.7 Å². The van der Waals surface area contributed by atoms with Crippen LogP contribution in [0.2, 0.25) is 0 Å². The highest BCUT2D eigenvalue weighted by molar-refractivity contribution is 7.91. The standard InChI is InChI=1S/C25H27FN6O6S/c1-15-7-8-21(38-15)24-30-29-22(32(24)23-19(36-2)5-4-6-20(23)37-3)14-39(34,35)18-9-17(33)12-31(13-18)25-27-10-16(26)11-28-25/h4-8,10-11,17-18,33H,9,12-14H2,1-3H3/t17-,18+/m0/s1. The molecule has 1 aromatic carbocycles. The molecule has 0 spiro atoms. The van der Waals surface area contributed by atoms with E-state index in [-0.39, 0.29) is 37.1 Å². The first kappa shape index (κ1) is 26.6. The Labute approximate surface area is 224 Å². The van der Waals surface area contributed by atoms with Crippen molar-refractivity contribution in [1.82, 2.24) is 24.7 Å². The topological polar surface area (TPSA) is 146 Å². The third-order valence-corrected chi connectivity index (χ3v) is 8.45. The Hall–Kier alpha value is -4.04. The van der Waals surface area contributed by atoms with Gasteiger partial charge in [0.2, 0.25) is 11.8 Å². The summed E-state index contributed by atoms with van der Waals surface area (Å²) < 4.78 is 59.4. The Balaban J connectivity index is 1.55. The molecule has 0 amide bonds. The van der Waals surface area contributed by atoms with Crippen LogP contribution in [0.15, 0.2) is 47.1 Å². The molecule has 206 valence electrons. The van der Waals surface area contributed by atoms with Gasteiger partial charge in [0.1, 0.15) is 28.7 Å². The molecule has 4 aromatic rings. The largest absolute Gasteiger partial charge is 0.494 e. The molecule has 0 unspecified atom stereocenters. The summed E-state index contributed by atoms with van der Waals surface area (Å²) in [6, 6.07) is 8.65. The lowest BCUT2D eigenvalue weighted by atomic mass is 10.1. The first-order valence-electron chi connectivity index (χ1n) is 12.0. The second-order valence-electron chi connectivity index (χ2n) is 9.12. The first-order valence-corrected chi connectivity index (χ1v) is 13.8. The second kappa shape index (κ2) is 10.6. The van der Waals surface area contributed by atoms with Gasteiger partial charge in [0, 0.05) is 13.1 Å². The van der Waals surface area contributed by atoms with Crippen molar-refractivity contribution in [1.29, 1.82) is 0 Å². The third kappa shape index (κ3) is 5.29. The van der Waals surface area contributed by atoms with E-state index in [1.54, 1.807) is 41.8 Å². The molecular formula is C25H27FN6O6S. The van der Waals surface area contributed by atoms with Gasteiger partial charge in [0.25, 0.3) is 0 Å². The normalized spacial score (nSPS) is 17.8. The number of aliphatic hydroxyl groups excluding tert-OH is 1. The van der Waals surface area contributed by atoms with E-state index in [0.29, 0.717) is 28.7 Å². The number of methoxy groups -OCH3 is 2. The molecule has 0 bridgehead atoms. The maximum Gasteiger partial charge on any atom is 0.225 e. The zero-order valence-corrected chi connectivity index (χ0v) is 22.3. The molecule has 39 heavy (non-hydrogen) atoms. The summed E-state index contributed by atoms with van der Waals surface area (Å²) in [4.78, 5) is 9.40. The molecule has 14 heteroatoms. The van der Waals surface area contributed by atoms with E-state index in [2.05, 4.69) is 20.2 Å². The molecule has 4 heterocycles. The highest BCUT2D eigenvalue weighted by atomic mass is 32.2. The summed E-state index contributed by atoms with van der Waals surface area (Å²) in [5.41, 5.74) is 0.409. The average Bonchev–Trinajstić information content (AvgIpc) is 3.53. The number of ether oxygens (including phenoxy) is 2. The van der Waals surface area contributed by atoms with Gasteiger partial charge in [-0.1, -0.05) is 6.07 Å². The number of nitrogens with zero attached hydrogens (tertiary/aromatic N) is 6. The predicted octanol–water partition coefficient (Wildman–Crippen LogP) is 2.34. The number of benzene rings is 1. The molecule has 1 saturated heterocycles. The number of para-hydroxylation sites is 1. The zero-order valence-electron chi connectivity index (χ0n) is 21.5. The number of halogens is 1. The van der Waals surface area contributed by atoms with Crippen molar-refractivity contribution in [3.63, 3.8) is 0 Å². The number of aromatic nitrogens is 5. The molecule has 5 rings (SSSR count). The molecular weight excluding hydrogens is 531 g/mol. The van der Waals surface area contributed by atoms with Crippen LogP contribution >= 0.6 is 0 Å². The summed E-state index contributed by atoms with van der Waals surface area (Å²) in [6.45, 7) is 1.92. The lowest BCUT2D eigenvalue weighted by molar-refractivity contribution is 0.154. The van der Waals surface area contributed by atoms with Gasteiger partial charge in [-0.05, 0) is 37.6 Å². The molecule has 1 aliphatic heterocycles. The van der Waals surface area contributed by atoms with Crippen LogP contribution in [-0.2, 0) is 15.6 Å². The number of rotatable bonds is 8. The third-order valence-electron chi connectivity index (χ3n) is 6.43. The van der Waals surface area contributed by atoms with Crippen LogP contribution in [0.5, 0.6) is 11.5 Å². The summed E-state index contributed by atoms with van der Waals surface area (Å²) >= 11 is 0. The smallest absolute Gasteiger partial charge is 0.225 e. The van der Waals surface area contributed by atoms with E-state index in [1.165, 1.54) is 19.1 Å². The lowest BCUT2D eigenvalue weighted by Gasteiger charge is -2.35. The van der Waals surface area contributed by atoms with Crippen LogP contribution in [0.1, 0.15) is 18.0 Å². The summed E-state index contributed by atoms with van der Waals surface area (Å²) in [6.07, 6.45) is 1.04. The number of β-amino-alcohol motifs (C(OH)–C–C–N with tert-alkyl or cyclic N) is 1. The van der Waals surface area contributed by atoms with Gasteiger partial charge in [-0.3, -0.25) is 4.57 Å². The van der Waals surface area contributed by atoms with E-state index < -0.39 is 32.8 Å². The number of furan rings is 1. The summed E-state index contributed by atoms with van der Waals surface area (Å²) in [5, 5.41) is 18.0. The minimum absolute atomic E-state index is 0.0103. The molecule has 1 fully saturated rings. The predicted molar refractivity (Wildman–Crippen MR) is 138 cm³/mol. The minimum atomic E-state index is -3.92. The number of piperidine rings is 1. The molecule has 12 nitrogen and oxygen atoms in total. The second-order valence-corrected chi connectivity index (χ2v) is 11.4. The van der Waals surface area contributed by atoms with Crippen LogP contribution in [0.25, 0.3) is 17.3 Å². The SMILES string of the molecule is COc1cccc(OC)c1-n1c(CS(=O)(=O)[C@@H]2C[C@H](O)CN(c3ncc(F)cn3)C2)nnc1-c1ccc(C)o1. The molecule has 1 aliphatic rings. The number of hydrogen-bond donors (Lipinski definition) is 1. The van der Waals surface area contributed by atoms with Crippen molar-refractivity contribution in [2.75, 3.05) is 32.2 Å². The number of sulfone groups is 1. The van der Waals surface area contributed by atoms with Crippen molar-refractivity contribution >= 4 is 15.8 Å². The Morgan fingerprint density at radius 1 is 1.08 bits per heavy atom. The lowest BCUT2D eigenvalue weighted by Crippen LogP contribution is -2.49. The average molecular weight is 559 g/mol. The fourth-order valence-electron chi connectivity index (χ4n) is 4.63. The molecule has 1 N–H and O–H groups in total. The van der Waals surface area contributed by atoms with Gasteiger partial charge in [0.05, 0.1) is 38.0 Å². The zero-order chi connectivity index (χ0) is 27.7. The van der Waals surface area contributed by atoms with E-state index in [4.69, 9.17) is 13.9 Å². The minimum Gasteiger partial charge on any atom is -0.494 e. The van der Waals surface area contributed by atoms with E-state index in [9.17, 15) is 17.9 Å². The summed E-state index contributed by atoms with van der Waals surface area (Å²) in [7, 11) is -0.936. The van der Waals surface area contributed by atoms with Gasteiger partial charge >= 0.3 is 0 Å². The quantitative estimate of drug-likeness (QED) is 0.340. The molecule has 0 aliphatic carbocycles. The Morgan fingerprint density at radius 2 is 1.77 bits per heavy atom. The maximum absolute atomic E-state index is 13.8. The van der Waals surface area contributed by atoms with Gasteiger partial charge in [0.15, 0.2) is 27.2 Å². The van der Waals surface area contributed by atoms with Gasteiger partial charge in [-0.15, -0.1) is 10.2 Å². The van der Waals surface area contributed by atoms with E-state index in [1.807, 2.05) is 0 Å². The van der Waals surface area contributed by atoms with Crippen molar-refractivity contribution in [3.05, 3.63) is 60.1 Å². The Bertz CT molecular complexity index is 1550. The Morgan fingerprint density at radius 3 is 2.38 bits per heavy atom. The fourth-order valence-corrected chi connectivity index (χ4v) is 6.33.